The molecule has 6 heteroatoms. The van der Waals surface area contributed by atoms with Crippen LogP contribution in [0.4, 0.5) is 11.5 Å². The third-order valence-electron chi connectivity index (χ3n) is 3.93. The van der Waals surface area contributed by atoms with E-state index >= 15 is 0 Å². The Hall–Kier alpha value is -2.50. The number of rotatable bonds is 6. The first-order valence-corrected chi connectivity index (χ1v) is 7.37. The van der Waals surface area contributed by atoms with E-state index < -0.39 is 0 Å². The number of anilines is 2. The van der Waals surface area contributed by atoms with Crippen LogP contribution in [0.25, 0.3) is 0 Å². The highest BCUT2D eigenvalue weighted by Crippen LogP contribution is 2.36. The summed E-state index contributed by atoms with van der Waals surface area (Å²) in [6.07, 6.45) is 6.65. The molecule has 1 aliphatic rings. The summed E-state index contributed by atoms with van der Waals surface area (Å²) < 4.78 is 10.6. The van der Waals surface area contributed by atoms with Crippen LogP contribution in [-0.4, -0.2) is 28.4 Å². The van der Waals surface area contributed by atoms with Crippen molar-refractivity contribution in [3.05, 3.63) is 42.9 Å². The average Bonchev–Trinajstić information content (AvgIpc) is 3.17. The molecular formula is C16H20N4O2. The first-order valence-electron chi connectivity index (χ1n) is 7.37. The summed E-state index contributed by atoms with van der Waals surface area (Å²) in [7, 11) is 1.60. The van der Waals surface area contributed by atoms with Crippen LogP contribution in [0.1, 0.15) is 30.9 Å². The van der Waals surface area contributed by atoms with Gasteiger partial charge in [0.1, 0.15) is 0 Å². The Labute approximate surface area is 129 Å². The number of H-pyrrole nitrogens is 1. The van der Waals surface area contributed by atoms with Crippen LogP contribution >= 0.6 is 0 Å². The van der Waals surface area contributed by atoms with Gasteiger partial charge in [0, 0.05) is 35.6 Å². The molecule has 1 saturated carbocycles. The summed E-state index contributed by atoms with van der Waals surface area (Å²) in [6, 6.07) is 5.76. The second-order valence-corrected chi connectivity index (χ2v) is 5.36. The minimum Gasteiger partial charge on any atom is -0.499 e. The molecule has 2 N–H and O–H groups in total. The number of pyridine rings is 1. The second-order valence-electron chi connectivity index (χ2n) is 5.36. The van der Waals surface area contributed by atoms with Gasteiger partial charge in [-0.2, -0.15) is 5.10 Å². The molecule has 0 aromatic carbocycles. The van der Waals surface area contributed by atoms with Crippen molar-refractivity contribution in [3.8, 4) is 5.88 Å². The quantitative estimate of drug-likeness (QED) is 0.800. The van der Waals surface area contributed by atoms with Crippen LogP contribution in [0.2, 0.25) is 0 Å². The number of hydrogen-bond acceptors (Lipinski definition) is 5. The van der Waals surface area contributed by atoms with Gasteiger partial charge in [-0.25, -0.2) is 4.98 Å². The molecule has 0 saturated heterocycles. The molecule has 1 fully saturated rings. The maximum Gasteiger partial charge on any atom is 0.214 e. The highest BCUT2D eigenvalue weighted by atomic mass is 16.5. The summed E-state index contributed by atoms with van der Waals surface area (Å²) in [5, 5.41) is 10.7. The number of hydrogen-bond donors (Lipinski definition) is 2. The predicted molar refractivity (Wildman–Crippen MR) is 84.3 cm³/mol. The van der Waals surface area contributed by atoms with Gasteiger partial charge in [0.15, 0.2) is 5.82 Å². The van der Waals surface area contributed by atoms with Crippen LogP contribution in [-0.2, 0) is 4.74 Å². The maximum atomic E-state index is 5.48. The lowest BCUT2D eigenvalue weighted by atomic mass is 10.0. The van der Waals surface area contributed by atoms with Crippen LogP contribution in [0, 0.1) is 0 Å². The van der Waals surface area contributed by atoms with Crippen molar-refractivity contribution in [2.75, 3.05) is 12.4 Å². The van der Waals surface area contributed by atoms with Gasteiger partial charge in [0.05, 0.1) is 19.5 Å². The summed E-state index contributed by atoms with van der Waals surface area (Å²) in [4.78, 5) is 4.08. The molecule has 0 spiro atoms. The minimum absolute atomic E-state index is 0.270. The van der Waals surface area contributed by atoms with Crippen molar-refractivity contribution in [2.24, 2.45) is 0 Å². The lowest BCUT2D eigenvalue weighted by Gasteiger charge is -2.09. The van der Waals surface area contributed by atoms with E-state index in [1.165, 1.54) is 6.26 Å². The van der Waals surface area contributed by atoms with Crippen molar-refractivity contribution in [1.29, 1.82) is 0 Å². The molecule has 6 nitrogen and oxygen atoms in total. The molecule has 2 aromatic rings. The van der Waals surface area contributed by atoms with E-state index in [2.05, 4.69) is 27.1 Å². The molecule has 0 aliphatic heterocycles. The van der Waals surface area contributed by atoms with Crippen LogP contribution in [0.15, 0.2) is 37.2 Å². The average molecular weight is 300 g/mol. The van der Waals surface area contributed by atoms with Crippen LogP contribution < -0.4 is 10.1 Å². The van der Waals surface area contributed by atoms with Gasteiger partial charge >= 0.3 is 0 Å². The van der Waals surface area contributed by atoms with Crippen molar-refractivity contribution in [2.45, 2.75) is 31.3 Å². The maximum absolute atomic E-state index is 5.48. The second kappa shape index (κ2) is 6.51. The summed E-state index contributed by atoms with van der Waals surface area (Å²) in [6.45, 7) is 3.62. The molecule has 0 bridgehead atoms. The van der Waals surface area contributed by atoms with Gasteiger partial charge < -0.3 is 14.8 Å². The summed E-state index contributed by atoms with van der Waals surface area (Å²) >= 11 is 0. The van der Waals surface area contributed by atoms with Gasteiger partial charge in [-0.3, -0.25) is 5.10 Å². The Kier molecular flexibility index (Phi) is 4.27. The summed E-state index contributed by atoms with van der Waals surface area (Å²) in [5.41, 5.74) is 2.03. The number of aromatic nitrogens is 3. The van der Waals surface area contributed by atoms with E-state index in [-0.39, 0.29) is 6.10 Å². The van der Waals surface area contributed by atoms with E-state index in [0.717, 1.165) is 36.5 Å². The molecule has 0 amide bonds. The summed E-state index contributed by atoms with van der Waals surface area (Å²) in [5.74, 6) is 1.82. The zero-order valence-electron chi connectivity index (χ0n) is 12.6. The SMILES string of the molecule is C=COC1CCC(c2cc(Nc3ccnc(OC)c3)n[nH]2)C1. The van der Waals surface area contributed by atoms with Crippen molar-refractivity contribution >= 4 is 11.5 Å². The van der Waals surface area contributed by atoms with E-state index in [0.29, 0.717) is 11.8 Å². The number of nitrogens with one attached hydrogen (secondary N) is 2. The number of aromatic amines is 1. The standard InChI is InChI=1S/C16H20N4O2/c1-3-22-13-5-4-11(8-13)14-10-15(20-19-14)18-12-6-7-17-16(9-12)21-2/h3,6-7,9-11,13H,1,4-5,8H2,2H3,(H2,17,18,19,20). The largest absolute Gasteiger partial charge is 0.499 e. The van der Waals surface area contributed by atoms with Gasteiger partial charge in [0.25, 0.3) is 0 Å². The van der Waals surface area contributed by atoms with Crippen LogP contribution in [0.5, 0.6) is 5.88 Å². The molecule has 2 aromatic heterocycles. The molecule has 1 aliphatic carbocycles. The number of methoxy groups -OCH3 is 1. The molecule has 0 radical (unpaired) electrons. The molecule has 3 rings (SSSR count). The Bertz CT molecular complexity index is 641. The highest BCUT2D eigenvalue weighted by molar-refractivity contribution is 5.57. The smallest absolute Gasteiger partial charge is 0.214 e. The normalized spacial score (nSPS) is 20.6. The van der Waals surface area contributed by atoms with Gasteiger partial charge in [-0.05, 0) is 25.3 Å². The predicted octanol–water partition coefficient (Wildman–Crippen LogP) is 3.35. The van der Waals surface area contributed by atoms with E-state index in [1.54, 1.807) is 13.3 Å². The van der Waals surface area contributed by atoms with Crippen molar-refractivity contribution in [3.63, 3.8) is 0 Å². The van der Waals surface area contributed by atoms with Crippen molar-refractivity contribution in [1.82, 2.24) is 15.2 Å². The zero-order valence-corrected chi connectivity index (χ0v) is 12.6. The molecule has 2 heterocycles. The van der Waals surface area contributed by atoms with Gasteiger partial charge in [-0.1, -0.05) is 6.58 Å². The van der Waals surface area contributed by atoms with Crippen molar-refractivity contribution < 1.29 is 9.47 Å². The molecule has 22 heavy (non-hydrogen) atoms. The fraction of sp³-hybridized carbons (Fsp3) is 0.375. The van der Waals surface area contributed by atoms with Crippen LogP contribution in [0.3, 0.4) is 0 Å². The van der Waals surface area contributed by atoms with E-state index in [4.69, 9.17) is 9.47 Å². The third kappa shape index (κ3) is 3.21. The minimum atomic E-state index is 0.270. The molecule has 2 unspecified atom stereocenters. The van der Waals surface area contributed by atoms with Gasteiger partial charge in [0.2, 0.25) is 5.88 Å². The van der Waals surface area contributed by atoms with Gasteiger partial charge in [-0.15, -0.1) is 0 Å². The Morgan fingerprint density at radius 1 is 1.41 bits per heavy atom. The molecule has 2 atom stereocenters. The zero-order chi connectivity index (χ0) is 15.4. The lowest BCUT2D eigenvalue weighted by Crippen LogP contribution is -2.03. The topological polar surface area (TPSA) is 72.1 Å². The number of nitrogens with zero attached hydrogens (tertiary/aromatic N) is 2. The Balaban J connectivity index is 1.65. The third-order valence-corrected chi connectivity index (χ3v) is 3.93. The Morgan fingerprint density at radius 3 is 3.14 bits per heavy atom. The van der Waals surface area contributed by atoms with E-state index in [9.17, 15) is 0 Å². The first kappa shape index (κ1) is 14.4. The monoisotopic (exact) mass is 300 g/mol. The fourth-order valence-electron chi connectivity index (χ4n) is 2.84. The Morgan fingerprint density at radius 2 is 2.32 bits per heavy atom. The lowest BCUT2D eigenvalue weighted by molar-refractivity contribution is 0.150. The molecule has 116 valence electrons. The number of ether oxygens (including phenoxy) is 2. The van der Waals surface area contributed by atoms with E-state index in [1.807, 2.05) is 18.2 Å². The highest BCUT2D eigenvalue weighted by Gasteiger charge is 2.27. The molecular weight excluding hydrogens is 280 g/mol. The fourth-order valence-corrected chi connectivity index (χ4v) is 2.84. The first-order chi connectivity index (χ1) is 10.8.